The van der Waals surface area contributed by atoms with Crippen molar-refractivity contribution in [2.45, 2.75) is 76.8 Å². The Labute approximate surface area is 111 Å². The first-order chi connectivity index (χ1) is 8.49. The number of nitrogens with zero attached hydrogens (tertiary/aromatic N) is 1. The fourth-order valence-electron chi connectivity index (χ4n) is 3.37. The van der Waals surface area contributed by atoms with Crippen molar-refractivity contribution >= 4 is 5.91 Å². The molecule has 18 heavy (non-hydrogen) atoms. The molecule has 2 fully saturated rings. The number of amides is 1. The average molecular weight is 252 g/mol. The van der Waals surface area contributed by atoms with Crippen LogP contribution in [0.15, 0.2) is 0 Å². The topological polar surface area (TPSA) is 46.3 Å². The van der Waals surface area contributed by atoms with E-state index in [1.165, 1.54) is 25.7 Å². The average Bonchev–Trinajstić information content (AvgIpc) is 2.19. The maximum atomic E-state index is 12.3. The minimum Gasteiger partial charge on any atom is -0.337 e. The molecule has 3 heteroatoms. The molecule has 1 heterocycles. The molecule has 1 atom stereocenters. The van der Waals surface area contributed by atoms with Crippen LogP contribution in [0.1, 0.15) is 65.2 Å². The molecule has 0 aromatic heterocycles. The van der Waals surface area contributed by atoms with Gasteiger partial charge in [0.1, 0.15) is 0 Å². The van der Waals surface area contributed by atoms with E-state index in [2.05, 4.69) is 18.7 Å². The van der Waals surface area contributed by atoms with Crippen molar-refractivity contribution in [2.75, 3.05) is 6.54 Å². The summed E-state index contributed by atoms with van der Waals surface area (Å²) in [4.78, 5) is 14.4. The molecule has 1 amide bonds. The molecule has 104 valence electrons. The summed E-state index contributed by atoms with van der Waals surface area (Å²) in [6, 6.07) is 0.263. The van der Waals surface area contributed by atoms with E-state index in [-0.39, 0.29) is 11.6 Å². The van der Waals surface area contributed by atoms with Gasteiger partial charge in [-0.05, 0) is 45.4 Å². The summed E-state index contributed by atoms with van der Waals surface area (Å²) in [5, 5.41) is 0. The summed E-state index contributed by atoms with van der Waals surface area (Å²) in [6.45, 7) is 5.14. The number of piperidine rings is 1. The van der Waals surface area contributed by atoms with Crippen LogP contribution < -0.4 is 5.73 Å². The molecule has 1 saturated carbocycles. The van der Waals surface area contributed by atoms with E-state index in [9.17, 15) is 4.79 Å². The van der Waals surface area contributed by atoms with Gasteiger partial charge < -0.3 is 10.6 Å². The standard InChI is InChI=1S/C15H28N2O/c1-15(2)11-13(16)9-10-17(15)14(18)8-4-7-12-5-3-6-12/h12-13H,3-11,16H2,1-2H3. The minimum absolute atomic E-state index is 0.0504. The number of likely N-dealkylation sites (tertiary alicyclic amines) is 1. The quantitative estimate of drug-likeness (QED) is 0.836. The third kappa shape index (κ3) is 3.25. The summed E-state index contributed by atoms with van der Waals surface area (Å²) in [5.74, 6) is 1.26. The Morgan fingerprint density at radius 3 is 2.61 bits per heavy atom. The summed E-state index contributed by atoms with van der Waals surface area (Å²) in [7, 11) is 0. The highest BCUT2D eigenvalue weighted by molar-refractivity contribution is 5.77. The Morgan fingerprint density at radius 1 is 1.33 bits per heavy atom. The fraction of sp³-hybridized carbons (Fsp3) is 0.933. The van der Waals surface area contributed by atoms with E-state index in [0.717, 1.165) is 38.1 Å². The molecule has 1 saturated heterocycles. The first kappa shape index (κ1) is 13.9. The van der Waals surface area contributed by atoms with E-state index in [1.807, 2.05) is 0 Å². The largest absolute Gasteiger partial charge is 0.337 e. The van der Waals surface area contributed by atoms with Crippen molar-refractivity contribution in [1.82, 2.24) is 4.90 Å². The van der Waals surface area contributed by atoms with Crippen LogP contribution in [0.5, 0.6) is 0 Å². The highest BCUT2D eigenvalue weighted by Gasteiger charge is 2.35. The number of nitrogens with two attached hydrogens (primary N) is 1. The predicted octanol–water partition coefficient (Wildman–Crippen LogP) is 2.69. The molecule has 0 spiro atoms. The summed E-state index contributed by atoms with van der Waals surface area (Å²) >= 11 is 0. The third-order valence-electron chi connectivity index (χ3n) is 4.74. The van der Waals surface area contributed by atoms with Crippen molar-refractivity contribution < 1.29 is 4.79 Å². The van der Waals surface area contributed by atoms with Gasteiger partial charge in [0.15, 0.2) is 0 Å². The Hall–Kier alpha value is -0.570. The Kier molecular flexibility index (Phi) is 4.31. The van der Waals surface area contributed by atoms with Gasteiger partial charge in [0.05, 0.1) is 0 Å². The molecule has 0 aromatic rings. The van der Waals surface area contributed by atoms with Crippen molar-refractivity contribution in [3.63, 3.8) is 0 Å². The fourth-order valence-corrected chi connectivity index (χ4v) is 3.37. The van der Waals surface area contributed by atoms with Gasteiger partial charge in [0.25, 0.3) is 0 Å². The Balaban J connectivity index is 1.76. The van der Waals surface area contributed by atoms with Gasteiger partial charge in [-0.15, -0.1) is 0 Å². The van der Waals surface area contributed by atoms with E-state index < -0.39 is 0 Å². The van der Waals surface area contributed by atoms with Crippen molar-refractivity contribution in [3.05, 3.63) is 0 Å². The lowest BCUT2D eigenvalue weighted by Gasteiger charge is -2.45. The van der Waals surface area contributed by atoms with Crippen LogP contribution in [-0.2, 0) is 4.79 Å². The van der Waals surface area contributed by atoms with Crippen molar-refractivity contribution in [3.8, 4) is 0 Å². The van der Waals surface area contributed by atoms with E-state index >= 15 is 0 Å². The van der Waals surface area contributed by atoms with Gasteiger partial charge in [0, 0.05) is 24.5 Å². The van der Waals surface area contributed by atoms with E-state index in [1.54, 1.807) is 0 Å². The molecule has 3 nitrogen and oxygen atoms in total. The van der Waals surface area contributed by atoms with Crippen molar-refractivity contribution in [1.29, 1.82) is 0 Å². The molecular weight excluding hydrogens is 224 g/mol. The Morgan fingerprint density at radius 2 is 2.06 bits per heavy atom. The summed E-state index contributed by atoms with van der Waals surface area (Å²) in [6.07, 6.45) is 9.11. The zero-order chi connectivity index (χ0) is 13.2. The maximum absolute atomic E-state index is 12.3. The molecule has 2 aliphatic rings. The lowest BCUT2D eigenvalue weighted by Crippen LogP contribution is -2.55. The van der Waals surface area contributed by atoms with Crippen LogP contribution in [0.2, 0.25) is 0 Å². The minimum atomic E-state index is -0.0504. The van der Waals surface area contributed by atoms with Gasteiger partial charge in [-0.25, -0.2) is 0 Å². The molecule has 1 unspecified atom stereocenters. The van der Waals surface area contributed by atoms with Crippen LogP contribution >= 0.6 is 0 Å². The predicted molar refractivity (Wildman–Crippen MR) is 74.2 cm³/mol. The number of rotatable bonds is 4. The van der Waals surface area contributed by atoms with Crippen LogP contribution in [0.4, 0.5) is 0 Å². The number of carbonyl (C=O) groups is 1. The van der Waals surface area contributed by atoms with Crippen LogP contribution in [-0.4, -0.2) is 28.9 Å². The summed E-state index contributed by atoms with van der Waals surface area (Å²) < 4.78 is 0. The SMILES string of the molecule is CC1(C)CC(N)CCN1C(=O)CCCC1CCC1. The highest BCUT2D eigenvalue weighted by atomic mass is 16.2. The lowest BCUT2D eigenvalue weighted by atomic mass is 9.81. The molecule has 0 radical (unpaired) electrons. The monoisotopic (exact) mass is 252 g/mol. The van der Waals surface area contributed by atoms with Gasteiger partial charge in [-0.1, -0.05) is 19.3 Å². The molecule has 1 aliphatic heterocycles. The summed E-state index contributed by atoms with van der Waals surface area (Å²) in [5.41, 5.74) is 5.95. The number of hydrogen-bond acceptors (Lipinski definition) is 2. The van der Waals surface area contributed by atoms with Crippen LogP contribution in [0.25, 0.3) is 0 Å². The molecule has 0 bridgehead atoms. The van der Waals surface area contributed by atoms with Gasteiger partial charge in [0.2, 0.25) is 5.91 Å². The molecule has 2 N–H and O–H groups in total. The van der Waals surface area contributed by atoms with E-state index in [4.69, 9.17) is 5.73 Å². The smallest absolute Gasteiger partial charge is 0.223 e. The second kappa shape index (κ2) is 5.60. The molecule has 2 rings (SSSR count). The van der Waals surface area contributed by atoms with Gasteiger partial charge >= 0.3 is 0 Å². The van der Waals surface area contributed by atoms with E-state index in [0.29, 0.717) is 5.91 Å². The normalized spacial score (nSPS) is 27.9. The number of hydrogen-bond donors (Lipinski definition) is 1. The Bertz CT molecular complexity index is 297. The second-order valence-electron chi connectivity index (χ2n) is 6.80. The lowest BCUT2D eigenvalue weighted by molar-refractivity contribution is -0.139. The zero-order valence-electron chi connectivity index (χ0n) is 12.0. The molecule has 0 aromatic carbocycles. The molecular formula is C15H28N2O. The third-order valence-corrected chi connectivity index (χ3v) is 4.74. The first-order valence-corrected chi connectivity index (χ1v) is 7.55. The number of carbonyl (C=O) groups excluding carboxylic acids is 1. The van der Waals surface area contributed by atoms with Gasteiger partial charge in [-0.2, -0.15) is 0 Å². The van der Waals surface area contributed by atoms with Crippen molar-refractivity contribution in [2.24, 2.45) is 11.7 Å². The maximum Gasteiger partial charge on any atom is 0.223 e. The highest BCUT2D eigenvalue weighted by Crippen LogP contribution is 2.32. The first-order valence-electron chi connectivity index (χ1n) is 7.55. The van der Waals surface area contributed by atoms with Crippen LogP contribution in [0, 0.1) is 5.92 Å². The second-order valence-corrected chi connectivity index (χ2v) is 6.80. The zero-order valence-corrected chi connectivity index (χ0v) is 12.0. The molecule has 1 aliphatic carbocycles. The van der Waals surface area contributed by atoms with Gasteiger partial charge in [-0.3, -0.25) is 4.79 Å². The van der Waals surface area contributed by atoms with Crippen LogP contribution in [0.3, 0.4) is 0 Å².